The summed E-state index contributed by atoms with van der Waals surface area (Å²) >= 11 is 0. The highest BCUT2D eigenvalue weighted by Crippen LogP contribution is 2.19. The first-order chi connectivity index (χ1) is 10.1. The largest absolute Gasteiger partial charge is 0.304 e. The maximum atomic E-state index is 13.7. The van der Waals surface area contributed by atoms with Crippen LogP contribution in [0.3, 0.4) is 0 Å². The SMILES string of the molecule is Cc1nc2c(CCc3c(F)cccc3F)cccn2c1C. The van der Waals surface area contributed by atoms with Crippen LogP contribution in [-0.4, -0.2) is 9.38 Å². The third kappa shape index (κ3) is 2.42. The number of hydrogen-bond acceptors (Lipinski definition) is 1. The van der Waals surface area contributed by atoms with E-state index in [1.807, 2.05) is 36.6 Å². The molecule has 0 amide bonds. The highest BCUT2D eigenvalue weighted by molar-refractivity contribution is 5.51. The van der Waals surface area contributed by atoms with Gasteiger partial charge in [0, 0.05) is 17.5 Å². The predicted molar refractivity (Wildman–Crippen MR) is 78.4 cm³/mol. The van der Waals surface area contributed by atoms with Crippen molar-refractivity contribution in [1.29, 1.82) is 0 Å². The van der Waals surface area contributed by atoms with E-state index >= 15 is 0 Å². The minimum atomic E-state index is -0.488. The number of hydrogen-bond donors (Lipinski definition) is 0. The molecular formula is C17H16F2N2. The van der Waals surface area contributed by atoms with Gasteiger partial charge in [-0.3, -0.25) is 0 Å². The molecule has 0 atom stereocenters. The number of rotatable bonds is 3. The number of imidazole rings is 1. The van der Waals surface area contributed by atoms with E-state index in [0.29, 0.717) is 12.8 Å². The number of aryl methyl sites for hydroxylation is 3. The molecule has 0 spiro atoms. The van der Waals surface area contributed by atoms with E-state index in [2.05, 4.69) is 4.98 Å². The molecule has 0 unspecified atom stereocenters. The maximum absolute atomic E-state index is 13.7. The van der Waals surface area contributed by atoms with Crippen LogP contribution in [0.1, 0.15) is 22.5 Å². The summed E-state index contributed by atoms with van der Waals surface area (Å²) < 4.78 is 29.4. The van der Waals surface area contributed by atoms with Gasteiger partial charge in [-0.2, -0.15) is 0 Å². The quantitative estimate of drug-likeness (QED) is 0.711. The van der Waals surface area contributed by atoms with Gasteiger partial charge in [0.2, 0.25) is 0 Å². The van der Waals surface area contributed by atoms with Gasteiger partial charge in [0.15, 0.2) is 0 Å². The molecular weight excluding hydrogens is 270 g/mol. The highest BCUT2D eigenvalue weighted by atomic mass is 19.1. The van der Waals surface area contributed by atoms with Gasteiger partial charge in [-0.25, -0.2) is 13.8 Å². The van der Waals surface area contributed by atoms with Crippen LogP contribution in [0, 0.1) is 25.5 Å². The lowest BCUT2D eigenvalue weighted by atomic mass is 10.0. The van der Waals surface area contributed by atoms with Crippen LogP contribution >= 0.6 is 0 Å². The number of aromatic nitrogens is 2. The van der Waals surface area contributed by atoms with Crippen LogP contribution in [0.5, 0.6) is 0 Å². The average Bonchev–Trinajstić information content (AvgIpc) is 2.75. The Bertz CT molecular complexity index is 786. The second-order valence-electron chi connectivity index (χ2n) is 5.21. The minimum absolute atomic E-state index is 0.138. The van der Waals surface area contributed by atoms with Gasteiger partial charge >= 0.3 is 0 Å². The molecule has 2 nitrogen and oxygen atoms in total. The van der Waals surface area contributed by atoms with Crippen molar-refractivity contribution in [3.05, 3.63) is 70.7 Å². The van der Waals surface area contributed by atoms with E-state index in [9.17, 15) is 8.78 Å². The normalized spacial score (nSPS) is 11.2. The molecule has 0 saturated heterocycles. The first-order valence-corrected chi connectivity index (χ1v) is 6.94. The summed E-state index contributed by atoms with van der Waals surface area (Å²) in [5.41, 5.74) is 4.06. The van der Waals surface area contributed by atoms with Crippen LogP contribution < -0.4 is 0 Å². The Labute approximate surface area is 122 Å². The molecule has 0 N–H and O–H groups in total. The summed E-state index contributed by atoms with van der Waals surface area (Å²) in [5, 5.41) is 0. The summed E-state index contributed by atoms with van der Waals surface area (Å²) in [6.07, 6.45) is 2.83. The molecule has 0 radical (unpaired) electrons. The lowest BCUT2D eigenvalue weighted by molar-refractivity contribution is 0.554. The predicted octanol–water partition coefficient (Wildman–Crippen LogP) is 4.01. The van der Waals surface area contributed by atoms with E-state index in [0.717, 1.165) is 22.6 Å². The van der Waals surface area contributed by atoms with E-state index in [4.69, 9.17) is 0 Å². The van der Waals surface area contributed by atoms with E-state index in [1.165, 1.54) is 18.2 Å². The van der Waals surface area contributed by atoms with Gasteiger partial charge in [0.25, 0.3) is 0 Å². The van der Waals surface area contributed by atoms with E-state index < -0.39 is 11.6 Å². The summed E-state index contributed by atoms with van der Waals surface area (Å²) in [7, 11) is 0. The topological polar surface area (TPSA) is 17.3 Å². The minimum Gasteiger partial charge on any atom is -0.304 e. The van der Waals surface area contributed by atoms with Crippen LogP contribution in [-0.2, 0) is 12.8 Å². The number of nitrogens with zero attached hydrogens (tertiary/aromatic N) is 2. The first kappa shape index (κ1) is 13.7. The van der Waals surface area contributed by atoms with Crippen LogP contribution in [0.4, 0.5) is 8.78 Å². The fourth-order valence-corrected chi connectivity index (χ4v) is 2.58. The number of fused-ring (bicyclic) bond motifs is 1. The van der Waals surface area contributed by atoms with Crippen molar-refractivity contribution in [2.75, 3.05) is 0 Å². The third-order valence-electron chi connectivity index (χ3n) is 3.91. The fourth-order valence-electron chi connectivity index (χ4n) is 2.58. The Morgan fingerprint density at radius 1 is 1.00 bits per heavy atom. The molecule has 3 aromatic rings. The van der Waals surface area contributed by atoms with Crippen LogP contribution in [0.25, 0.3) is 5.65 Å². The number of halogens is 2. The van der Waals surface area contributed by atoms with Gasteiger partial charge in [-0.05, 0) is 50.5 Å². The molecule has 0 aliphatic carbocycles. The second-order valence-corrected chi connectivity index (χ2v) is 5.21. The van der Waals surface area contributed by atoms with Crippen molar-refractivity contribution in [2.24, 2.45) is 0 Å². The Morgan fingerprint density at radius 2 is 1.71 bits per heavy atom. The van der Waals surface area contributed by atoms with Crippen molar-refractivity contribution >= 4 is 5.65 Å². The summed E-state index contributed by atoms with van der Waals surface area (Å²) in [4.78, 5) is 4.55. The molecule has 2 heterocycles. The van der Waals surface area contributed by atoms with Crippen molar-refractivity contribution in [3.63, 3.8) is 0 Å². The highest BCUT2D eigenvalue weighted by Gasteiger charge is 2.12. The molecule has 0 aliphatic heterocycles. The molecule has 0 fully saturated rings. The van der Waals surface area contributed by atoms with Gasteiger partial charge in [-0.1, -0.05) is 12.1 Å². The molecule has 0 aliphatic rings. The Kier molecular flexibility index (Phi) is 3.45. The van der Waals surface area contributed by atoms with Gasteiger partial charge < -0.3 is 4.40 Å². The average molecular weight is 286 g/mol. The molecule has 1 aromatic carbocycles. The zero-order valence-electron chi connectivity index (χ0n) is 12.0. The van der Waals surface area contributed by atoms with E-state index in [1.54, 1.807) is 0 Å². The Hall–Kier alpha value is -2.23. The summed E-state index contributed by atoms with van der Waals surface area (Å²) in [6.45, 7) is 3.97. The van der Waals surface area contributed by atoms with Crippen molar-refractivity contribution < 1.29 is 8.78 Å². The first-order valence-electron chi connectivity index (χ1n) is 6.94. The van der Waals surface area contributed by atoms with Crippen molar-refractivity contribution in [1.82, 2.24) is 9.38 Å². The molecule has 0 saturated carbocycles. The van der Waals surface area contributed by atoms with Crippen molar-refractivity contribution in [3.8, 4) is 0 Å². The summed E-state index contributed by atoms with van der Waals surface area (Å²) in [5.74, 6) is -0.977. The van der Waals surface area contributed by atoms with Crippen molar-refractivity contribution in [2.45, 2.75) is 26.7 Å². The molecule has 2 aromatic heterocycles. The van der Waals surface area contributed by atoms with Gasteiger partial charge in [0.1, 0.15) is 17.3 Å². The van der Waals surface area contributed by atoms with Gasteiger partial charge in [0.05, 0.1) is 5.69 Å². The summed E-state index contributed by atoms with van der Waals surface area (Å²) in [6, 6.07) is 7.87. The zero-order chi connectivity index (χ0) is 15.0. The maximum Gasteiger partial charge on any atom is 0.140 e. The molecule has 21 heavy (non-hydrogen) atoms. The zero-order valence-corrected chi connectivity index (χ0v) is 12.0. The monoisotopic (exact) mass is 286 g/mol. The molecule has 4 heteroatoms. The Morgan fingerprint density at radius 3 is 2.43 bits per heavy atom. The Balaban J connectivity index is 1.94. The molecule has 3 rings (SSSR count). The molecule has 0 bridgehead atoms. The fraction of sp³-hybridized carbons (Fsp3) is 0.235. The third-order valence-corrected chi connectivity index (χ3v) is 3.91. The van der Waals surface area contributed by atoms with E-state index in [-0.39, 0.29) is 5.56 Å². The second kappa shape index (κ2) is 5.28. The lowest BCUT2D eigenvalue weighted by Crippen LogP contribution is -2.00. The standard InChI is InChI=1S/C17H16F2N2/c1-11-12(2)21-10-4-5-13(17(21)20-11)8-9-14-15(18)6-3-7-16(14)19/h3-7,10H,8-9H2,1-2H3. The lowest BCUT2D eigenvalue weighted by Gasteiger charge is -2.06. The molecule has 108 valence electrons. The van der Waals surface area contributed by atoms with Gasteiger partial charge in [-0.15, -0.1) is 0 Å². The number of benzene rings is 1. The van der Waals surface area contributed by atoms with Crippen LogP contribution in [0.15, 0.2) is 36.5 Å². The smallest absolute Gasteiger partial charge is 0.140 e. The van der Waals surface area contributed by atoms with Crippen LogP contribution in [0.2, 0.25) is 0 Å². The number of pyridine rings is 1.